The molecule has 0 aromatic heterocycles. The fourth-order valence-corrected chi connectivity index (χ4v) is 2.71. The molecular formula is C10H22N4O6S. The van der Waals surface area contributed by atoms with Crippen LogP contribution in [0.4, 0.5) is 0 Å². The zero-order valence-corrected chi connectivity index (χ0v) is 12.9. The van der Waals surface area contributed by atoms with Gasteiger partial charge in [-0.3, -0.25) is 19.1 Å². The van der Waals surface area contributed by atoms with E-state index in [2.05, 4.69) is 9.76 Å². The molecule has 0 aromatic carbocycles. The summed E-state index contributed by atoms with van der Waals surface area (Å²) in [4.78, 5) is 18.7. The molecule has 124 valence electrons. The average molecular weight is 326 g/mol. The molecule has 1 heterocycles. The molecule has 1 aliphatic heterocycles. The molecule has 0 aromatic rings. The quantitative estimate of drug-likeness (QED) is 0.289. The highest BCUT2D eigenvalue weighted by Crippen LogP contribution is 2.21. The van der Waals surface area contributed by atoms with Crippen LogP contribution in [0.5, 0.6) is 0 Å². The minimum absolute atomic E-state index is 0.173. The molecule has 0 radical (unpaired) electrons. The van der Waals surface area contributed by atoms with Crippen molar-refractivity contribution >= 4 is 16.3 Å². The van der Waals surface area contributed by atoms with Crippen molar-refractivity contribution in [3.8, 4) is 0 Å². The van der Waals surface area contributed by atoms with Gasteiger partial charge in [0.05, 0.1) is 18.8 Å². The molecule has 1 aliphatic rings. The van der Waals surface area contributed by atoms with Crippen LogP contribution in [0.15, 0.2) is 0 Å². The smallest absolute Gasteiger partial charge is 0.328 e. The molecule has 0 aliphatic carbocycles. The number of amides is 1. The minimum Gasteiger partial charge on any atom is -0.328 e. The lowest BCUT2D eigenvalue weighted by atomic mass is 10.1. The Hall–Kier alpha value is -0.820. The van der Waals surface area contributed by atoms with Gasteiger partial charge in [0.2, 0.25) is 0 Å². The first-order chi connectivity index (χ1) is 9.80. The van der Waals surface area contributed by atoms with Gasteiger partial charge in [0.15, 0.2) is 0 Å². The topological polar surface area (TPSA) is 134 Å². The molecule has 10 nitrogen and oxygen atoms in total. The Morgan fingerprint density at radius 3 is 2.71 bits per heavy atom. The van der Waals surface area contributed by atoms with Gasteiger partial charge in [0.1, 0.15) is 0 Å². The van der Waals surface area contributed by atoms with Crippen LogP contribution >= 0.6 is 0 Å². The largest absolute Gasteiger partial charge is 0.413 e. The van der Waals surface area contributed by atoms with Gasteiger partial charge in [-0.2, -0.15) is 17.8 Å². The number of hydrogen-bond acceptors (Lipinski definition) is 8. The van der Waals surface area contributed by atoms with Crippen molar-refractivity contribution in [2.75, 3.05) is 26.2 Å². The number of nitrogens with two attached hydrogens (primary N) is 1. The van der Waals surface area contributed by atoms with Gasteiger partial charge in [-0.1, -0.05) is 6.92 Å². The van der Waals surface area contributed by atoms with Crippen molar-refractivity contribution < 1.29 is 26.9 Å². The molecule has 1 unspecified atom stereocenters. The van der Waals surface area contributed by atoms with Gasteiger partial charge >= 0.3 is 10.4 Å². The third kappa shape index (κ3) is 5.47. The number of hydroxylamine groups is 3. The molecule has 11 heteroatoms. The van der Waals surface area contributed by atoms with E-state index in [4.69, 9.17) is 15.1 Å². The number of nitrogens with zero attached hydrogens (tertiary/aromatic N) is 2. The molecule has 1 fully saturated rings. The summed E-state index contributed by atoms with van der Waals surface area (Å²) in [5.74, 6) is -0.330. The second-order valence-corrected chi connectivity index (χ2v) is 5.52. The van der Waals surface area contributed by atoms with E-state index in [0.29, 0.717) is 13.0 Å². The van der Waals surface area contributed by atoms with Gasteiger partial charge in [0.25, 0.3) is 5.91 Å². The van der Waals surface area contributed by atoms with E-state index in [-0.39, 0.29) is 25.6 Å². The van der Waals surface area contributed by atoms with Crippen LogP contribution in [0, 0.1) is 0 Å². The lowest BCUT2D eigenvalue weighted by Crippen LogP contribution is -2.61. The molecule has 0 bridgehead atoms. The highest BCUT2D eigenvalue weighted by Gasteiger charge is 2.38. The number of hydrogen-bond donors (Lipinski definition) is 3. The fraction of sp³-hybridized carbons (Fsp3) is 0.900. The van der Waals surface area contributed by atoms with Crippen LogP contribution in [0.2, 0.25) is 0 Å². The fourth-order valence-electron chi connectivity index (χ4n) is 2.26. The normalized spacial score (nSPS) is 25.0. The van der Waals surface area contributed by atoms with Crippen molar-refractivity contribution in [3.63, 3.8) is 0 Å². The Bertz CT molecular complexity index is 445. The Labute approximate surface area is 124 Å². The van der Waals surface area contributed by atoms with E-state index >= 15 is 0 Å². The van der Waals surface area contributed by atoms with Crippen molar-refractivity contribution in [1.82, 2.24) is 15.4 Å². The van der Waals surface area contributed by atoms with Crippen LogP contribution < -0.4 is 11.2 Å². The first-order valence-corrected chi connectivity index (χ1v) is 7.97. The van der Waals surface area contributed by atoms with E-state index < -0.39 is 22.6 Å². The van der Waals surface area contributed by atoms with E-state index in [1.807, 2.05) is 6.92 Å². The summed E-state index contributed by atoms with van der Waals surface area (Å²) >= 11 is 0. The SMILES string of the molecule is CCN1C(C)N(OS(=O)(=O)O)CC[C@H]1C(=O)NOCCN. The molecule has 21 heavy (non-hydrogen) atoms. The van der Waals surface area contributed by atoms with Crippen LogP contribution in [0.1, 0.15) is 20.3 Å². The van der Waals surface area contributed by atoms with Gasteiger partial charge < -0.3 is 5.73 Å². The second kappa shape index (κ2) is 7.98. The van der Waals surface area contributed by atoms with Crippen molar-refractivity contribution in [1.29, 1.82) is 0 Å². The molecule has 0 spiro atoms. The first kappa shape index (κ1) is 18.2. The van der Waals surface area contributed by atoms with Crippen LogP contribution in [-0.4, -0.2) is 67.3 Å². The second-order valence-electron chi connectivity index (χ2n) is 4.51. The molecule has 1 amide bonds. The summed E-state index contributed by atoms with van der Waals surface area (Å²) in [6, 6.07) is -0.482. The van der Waals surface area contributed by atoms with E-state index in [9.17, 15) is 13.2 Å². The molecule has 1 rings (SSSR count). The van der Waals surface area contributed by atoms with Crippen molar-refractivity contribution in [3.05, 3.63) is 0 Å². The first-order valence-electron chi connectivity index (χ1n) is 6.61. The van der Waals surface area contributed by atoms with Gasteiger partial charge in [0, 0.05) is 13.1 Å². The third-order valence-corrected chi connectivity index (χ3v) is 3.55. The van der Waals surface area contributed by atoms with Gasteiger partial charge in [-0.05, 0) is 19.9 Å². The molecule has 1 saturated heterocycles. The summed E-state index contributed by atoms with van der Waals surface area (Å²) in [5.41, 5.74) is 7.57. The van der Waals surface area contributed by atoms with Crippen molar-refractivity contribution in [2.45, 2.75) is 32.5 Å². The van der Waals surface area contributed by atoms with E-state index in [1.165, 1.54) is 0 Å². The maximum Gasteiger partial charge on any atom is 0.413 e. The Morgan fingerprint density at radius 1 is 1.52 bits per heavy atom. The lowest BCUT2D eigenvalue weighted by molar-refractivity contribution is -0.183. The van der Waals surface area contributed by atoms with Gasteiger partial charge in [-0.25, -0.2) is 5.48 Å². The van der Waals surface area contributed by atoms with Crippen LogP contribution in [0.3, 0.4) is 0 Å². The number of carbonyl (C=O) groups is 1. The summed E-state index contributed by atoms with van der Waals surface area (Å²) in [7, 11) is -4.58. The average Bonchev–Trinajstić information content (AvgIpc) is 2.39. The molecule has 2 atom stereocenters. The number of likely N-dealkylation sites (N-methyl/N-ethyl adjacent to an activating group) is 1. The molecule has 0 saturated carbocycles. The van der Waals surface area contributed by atoms with Crippen LogP contribution in [-0.2, 0) is 24.3 Å². The summed E-state index contributed by atoms with van der Waals surface area (Å²) in [6.45, 7) is 4.66. The maximum atomic E-state index is 12.0. The number of carbonyl (C=O) groups excluding carboxylic acids is 1. The summed E-state index contributed by atoms with van der Waals surface area (Å²) < 4.78 is 34.8. The molecular weight excluding hydrogens is 304 g/mol. The maximum absolute atomic E-state index is 12.0. The van der Waals surface area contributed by atoms with E-state index in [0.717, 1.165) is 5.06 Å². The Kier molecular flexibility index (Phi) is 6.93. The number of nitrogens with one attached hydrogen (secondary N) is 1. The Balaban J connectivity index is 2.68. The lowest BCUT2D eigenvalue weighted by Gasteiger charge is -2.43. The highest BCUT2D eigenvalue weighted by atomic mass is 32.3. The standard InChI is InChI=1S/C10H22N4O6S/c1-3-13-8(2)14(20-21(16,17)18)6-4-9(13)10(15)12-19-7-5-11/h8-9H,3-7,11H2,1-2H3,(H,12,15)(H,16,17,18)/t8?,9-/m0/s1. The molecule has 4 N–H and O–H groups in total. The highest BCUT2D eigenvalue weighted by molar-refractivity contribution is 7.80. The van der Waals surface area contributed by atoms with Crippen LogP contribution in [0.25, 0.3) is 0 Å². The third-order valence-electron chi connectivity index (χ3n) is 3.17. The Morgan fingerprint density at radius 2 is 2.19 bits per heavy atom. The summed E-state index contributed by atoms with van der Waals surface area (Å²) in [5, 5.41) is 1.11. The van der Waals surface area contributed by atoms with Gasteiger partial charge in [-0.15, -0.1) is 0 Å². The van der Waals surface area contributed by atoms with E-state index in [1.54, 1.807) is 11.8 Å². The predicted molar refractivity (Wildman–Crippen MR) is 72.7 cm³/mol. The van der Waals surface area contributed by atoms with Crippen molar-refractivity contribution in [2.24, 2.45) is 5.73 Å². The monoisotopic (exact) mass is 326 g/mol. The summed E-state index contributed by atoms with van der Waals surface area (Å²) in [6.07, 6.45) is -0.179. The predicted octanol–water partition coefficient (Wildman–Crippen LogP) is -1.53. The minimum atomic E-state index is -4.58. The zero-order valence-electron chi connectivity index (χ0n) is 12.1. The number of rotatable bonds is 7. The zero-order chi connectivity index (χ0) is 16.0.